The van der Waals surface area contributed by atoms with E-state index >= 15 is 0 Å². The van der Waals surface area contributed by atoms with E-state index in [-0.39, 0.29) is 36.7 Å². The molecular formula is C17H25NO6. The molecule has 0 aromatic heterocycles. The molecule has 1 aliphatic carbocycles. The number of ether oxygens (including phenoxy) is 3. The van der Waals surface area contributed by atoms with Crippen molar-refractivity contribution in [3.8, 4) is 0 Å². The fraction of sp³-hybridized carbons (Fsp3) is 0.706. The van der Waals surface area contributed by atoms with E-state index in [2.05, 4.69) is 5.32 Å². The highest BCUT2D eigenvalue weighted by atomic mass is 16.5. The van der Waals surface area contributed by atoms with Gasteiger partial charge >= 0.3 is 5.97 Å². The summed E-state index contributed by atoms with van der Waals surface area (Å²) in [6.07, 6.45) is 3.73. The first-order valence-electron chi connectivity index (χ1n) is 8.48. The Morgan fingerprint density at radius 3 is 2.58 bits per heavy atom. The van der Waals surface area contributed by atoms with Crippen LogP contribution in [-0.2, 0) is 28.6 Å². The van der Waals surface area contributed by atoms with Crippen LogP contribution in [0.1, 0.15) is 39.5 Å². The van der Waals surface area contributed by atoms with Crippen LogP contribution in [0.2, 0.25) is 0 Å². The lowest BCUT2D eigenvalue weighted by atomic mass is 9.85. The third-order valence-corrected chi connectivity index (χ3v) is 4.29. The highest BCUT2D eigenvalue weighted by molar-refractivity contribution is 6.17. The quantitative estimate of drug-likeness (QED) is 0.526. The average Bonchev–Trinajstić information content (AvgIpc) is 2.84. The first-order valence-corrected chi connectivity index (χ1v) is 8.48. The maximum absolute atomic E-state index is 11.9. The van der Waals surface area contributed by atoms with Gasteiger partial charge in [0.25, 0.3) is 11.8 Å². The minimum atomic E-state index is -0.527. The minimum absolute atomic E-state index is 0.00340. The molecule has 2 amide bonds. The lowest BCUT2D eigenvalue weighted by Crippen LogP contribution is -2.38. The van der Waals surface area contributed by atoms with Gasteiger partial charge in [-0.05, 0) is 26.7 Å². The summed E-state index contributed by atoms with van der Waals surface area (Å²) in [5.41, 5.74) is 0.145. The molecule has 0 spiro atoms. The number of nitrogens with one attached hydrogen (secondary N) is 1. The van der Waals surface area contributed by atoms with Crippen LogP contribution < -0.4 is 5.32 Å². The minimum Gasteiger partial charge on any atom is -0.465 e. The normalized spacial score (nSPS) is 26.9. The summed E-state index contributed by atoms with van der Waals surface area (Å²) in [6.45, 7) is 5.45. The van der Waals surface area contributed by atoms with Crippen LogP contribution in [0.3, 0.4) is 0 Å². The molecule has 0 saturated heterocycles. The van der Waals surface area contributed by atoms with Gasteiger partial charge in [0.1, 0.15) is 0 Å². The number of hydrogen-bond acceptors (Lipinski definition) is 6. The summed E-state index contributed by atoms with van der Waals surface area (Å²) in [5.74, 6) is -1.40. The Morgan fingerprint density at radius 2 is 1.96 bits per heavy atom. The molecule has 0 radical (unpaired) electrons. The Kier molecular flexibility index (Phi) is 6.93. The molecule has 3 atom stereocenters. The average molecular weight is 339 g/mol. The Labute approximate surface area is 141 Å². The van der Waals surface area contributed by atoms with Crippen molar-refractivity contribution in [1.29, 1.82) is 0 Å². The van der Waals surface area contributed by atoms with Gasteiger partial charge in [0.05, 0.1) is 25.2 Å². The number of rotatable bonds is 8. The number of esters is 1. The van der Waals surface area contributed by atoms with E-state index in [1.165, 1.54) is 0 Å². The van der Waals surface area contributed by atoms with Gasteiger partial charge in [0, 0.05) is 37.2 Å². The summed E-state index contributed by atoms with van der Waals surface area (Å²) >= 11 is 0. The Hall–Kier alpha value is -1.73. The molecule has 1 fully saturated rings. The van der Waals surface area contributed by atoms with Crippen LogP contribution in [0, 0.1) is 5.92 Å². The molecule has 7 nitrogen and oxygen atoms in total. The molecule has 1 saturated carbocycles. The van der Waals surface area contributed by atoms with E-state index in [0.717, 1.165) is 25.3 Å². The molecule has 2 aliphatic rings. The van der Waals surface area contributed by atoms with E-state index in [1.807, 2.05) is 13.8 Å². The molecule has 2 rings (SSSR count). The van der Waals surface area contributed by atoms with Gasteiger partial charge < -0.3 is 14.2 Å². The molecule has 7 heteroatoms. The molecule has 0 aromatic rings. The molecule has 1 N–H and O–H groups in total. The number of hydrogen-bond donors (Lipinski definition) is 1. The first-order chi connectivity index (χ1) is 11.5. The van der Waals surface area contributed by atoms with Gasteiger partial charge in [0.15, 0.2) is 0 Å². The highest BCUT2D eigenvalue weighted by Gasteiger charge is 2.32. The zero-order valence-electron chi connectivity index (χ0n) is 14.2. The molecule has 0 bridgehead atoms. The smallest absolute Gasteiger partial charge is 0.310 e. The summed E-state index contributed by atoms with van der Waals surface area (Å²) in [7, 11) is 0. The molecule has 0 aromatic carbocycles. The second-order valence-electron chi connectivity index (χ2n) is 5.99. The van der Waals surface area contributed by atoms with Crippen molar-refractivity contribution in [3.63, 3.8) is 0 Å². The van der Waals surface area contributed by atoms with Crippen molar-refractivity contribution >= 4 is 17.8 Å². The van der Waals surface area contributed by atoms with Crippen molar-refractivity contribution in [1.82, 2.24) is 5.32 Å². The predicted octanol–water partition coefficient (Wildman–Crippen LogP) is 1.11. The van der Waals surface area contributed by atoms with Crippen molar-refractivity contribution in [2.75, 3.05) is 19.8 Å². The van der Waals surface area contributed by atoms with Gasteiger partial charge in [-0.2, -0.15) is 0 Å². The second kappa shape index (κ2) is 8.94. The molecule has 1 aliphatic heterocycles. The van der Waals surface area contributed by atoms with Crippen LogP contribution in [0.4, 0.5) is 0 Å². The topological polar surface area (TPSA) is 90.9 Å². The molecule has 2 unspecified atom stereocenters. The van der Waals surface area contributed by atoms with Crippen molar-refractivity contribution < 1.29 is 28.6 Å². The lowest BCUT2D eigenvalue weighted by molar-refractivity contribution is -0.148. The van der Waals surface area contributed by atoms with Crippen LogP contribution in [0.25, 0.3) is 0 Å². The van der Waals surface area contributed by atoms with Crippen molar-refractivity contribution in [3.05, 3.63) is 11.6 Å². The van der Waals surface area contributed by atoms with E-state index < -0.39 is 17.8 Å². The lowest BCUT2D eigenvalue weighted by Gasteiger charge is -2.35. The summed E-state index contributed by atoms with van der Waals surface area (Å²) in [6, 6.07) is 0. The Morgan fingerprint density at radius 1 is 1.21 bits per heavy atom. The SMILES string of the molecule is CCOC1CC[C@@H](COC(=O)CC2=CC(=O)NC2=O)C(OCC)C1. The fourth-order valence-corrected chi connectivity index (χ4v) is 3.14. The maximum Gasteiger partial charge on any atom is 0.310 e. The monoisotopic (exact) mass is 339 g/mol. The molecule has 1 heterocycles. The number of carbonyl (C=O) groups excluding carboxylic acids is 3. The van der Waals surface area contributed by atoms with Crippen LogP contribution in [0.15, 0.2) is 11.6 Å². The Balaban J connectivity index is 1.81. The van der Waals surface area contributed by atoms with Gasteiger partial charge in [-0.1, -0.05) is 0 Å². The first kappa shape index (κ1) is 18.6. The number of carbonyl (C=O) groups is 3. The van der Waals surface area contributed by atoms with Crippen LogP contribution in [-0.4, -0.2) is 49.8 Å². The third kappa shape index (κ3) is 5.14. The Bertz CT molecular complexity index is 515. The maximum atomic E-state index is 11.9. The van der Waals surface area contributed by atoms with E-state index in [4.69, 9.17) is 14.2 Å². The van der Waals surface area contributed by atoms with Gasteiger partial charge in [-0.25, -0.2) is 0 Å². The van der Waals surface area contributed by atoms with Gasteiger partial charge in [-0.3, -0.25) is 19.7 Å². The van der Waals surface area contributed by atoms with Crippen molar-refractivity contribution in [2.45, 2.75) is 51.7 Å². The van der Waals surface area contributed by atoms with Crippen LogP contribution in [0.5, 0.6) is 0 Å². The molecular weight excluding hydrogens is 314 g/mol. The highest BCUT2D eigenvalue weighted by Crippen LogP contribution is 2.29. The second-order valence-corrected chi connectivity index (χ2v) is 5.99. The zero-order valence-corrected chi connectivity index (χ0v) is 14.2. The number of amides is 2. The van der Waals surface area contributed by atoms with Crippen molar-refractivity contribution in [2.24, 2.45) is 5.92 Å². The molecule has 24 heavy (non-hydrogen) atoms. The predicted molar refractivity (Wildman–Crippen MR) is 85.0 cm³/mol. The van der Waals surface area contributed by atoms with Crippen LogP contribution >= 0.6 is 0 Å². The van der Waals surface area contributed by atoms with Gasteiger partial charge in [-0.15, -0.1) is 0 Å². The third-order valence-electron chi connectivity index (χ3n) is 4.29. The van der Waals surface area contributed by atoms with Gasteiger partial charge in [0.2, 0.25) is 0 Å². The van der Waals surface area contributed by atoms with E-state index in [1.54, 1.807) is 0 Å². The summed E-state index contributed by atoms with van der Waals surface area (Å²) < 4.78 is 16.8. The number of imide groups is 1. The standard InChI is InChI=1S/C17H25NO6/c1-3-22-13-6-5-11(14(9-13)23-4-2)10-24-16(20)8-12-7-15(19)18-17(12)21/h7,11,13-14H,3-6,8-10H2,1-2H3,(H,18,19,21)/t11-,13?,14?/m0/s1. The summed E-state index contributed by atoms with van der Waals surface area (Å²) in [5, 5.41) is 2.11. The fourth-order valence-electron chi connectivity index (χ4n) is 3.14. The summed E-state index contributed by atoms with van der Waals surface area (Å²) in [4.78, 5) is 34.4. The zero-order chi connectivity index (χ0) is 17.5. The van der Waals surface area contributed by atoms with E-state index in [0.29, 0.717) is 13.2 Å². The largest absolute Gasteiger partial charge is 0.465 e. The molecule has 134 valence electrons. The van der Waals surface area contributed by atoms with E-state index in [9.17, 15) is 14.4 Å².